The second-order valence-electron chi connectivity index (χ2n) is 9.57. The highest BCUT2D eigenvalue weighted by molar-refractivity contribution is 8.26. The molecule has 4 saturated carbocycles. The molecule has 0 aromatic carbocycles. The van der Waals surface area contributed by atoms with Crippen molar-refractivity contribution in [3.8, 4) is 0 Å². The molecule has 1 saturated heterocycles. The van der Waals surface area contributed by atoms with Gasteiger partial charge in [0.05, 0.1) is 11.5 Å². The second kappa shape index (κ2) is 9.18. The Kier molecular flexibility index (Phi) is 6.30. The Morgan fingerprint density at radius 1 is 1.19 bits per heavy atom. The molecule has 2 heterocycles. The van der Waals surface area contributed by atoms with Crippen LogP contribution in [0.2, 0.25) is 0 Å². The largest absolute Gasteiger partial charge is 0.463 e. The molecule has 170 valence electrons. The van der Waals surface area contributed by atoms with Gasteiger partial charge in [-0.05, 0) is 80.4 Å². The Hall–Kier alpha value is -1.86. The van der Waals surface area contributed by atoms with Gasteiger partial charge in [-0.25, -0.2) is 4.79 Å². The lowest BCUT2D eigenvalue weighted by atomic mass is 9.54. The third kappa shape index (κ3) is 4.34. The number of furan rings is 1. The van der Waals surface area contributed by atoms with Crippen molar-refractivity contribution in [2.75, 3.05) is 6.61 Å². The first-order chi connectivity index (χ1) is 15.5. The molecule has 1 aromatic rings. The first-order valence-electron chi connectivity index (χ1n) is 11.7. The van der Waals surface area contributed by atoms with E-state index in [4.69, 9.17) is 21.4 Å². The summed E-state index contributed by atoms with van der Waals surface area (Å²) in [4.78, 5) is 27.6. The summed E-state index contributed by atoms with van der Waals surface area (Å²) in [6.07, 6.45) is 13.0. The number of carbonyl (C=O) groups excluding carboxylic acids is 2. The lowest BCUT2D eigenvalue weighted by molar-refractivity contribution is -0.137. The Morgan fingerprint density at radius 3 is 2.56 bits per heavy atom. The van der Waals surface area contributed by atoms with Crippen LogP contribution < -0.4 is 0 Å². The molecule has 7 heteroatoms. The monoisotopic (exact) mass is 471 g/mol. The molecule has 4 bridgehead atoms. The molecule has 4 aliphatic carbocycles. The number of ether oxygens (including phenoxy) is 1. The van der Waals surface area contributed by atoms with Crippen LogP contribution in [-0.2, 0) is 14.3 Å². The fourth-order valence-electron chi connectivity index (χ4n) is 6.24. The van der Waals surface area contributed by atoms with E-state index in [1.807, 2.05) is 11.8 Å². The second-order valence-corrected chi connectivity index (χ2v) is 11.2. The summed E-state index contributed by atoms with van der Waals surface area (Å²) in [5.74, 6) is 3.69. The molecule has 0 radical (unpaired) electrons. The predicted octanol–water partition coefficient (Wildman–Crippen LogP) is 5.66. The van der Waals surface area contributed by atoms with Crippen LogP contribution >= 0.6 is 24.0 Å². The molecule has 1 amide bonds. The zero-order chi connectivity index (χ0) is 22.2. The van der Waals surface area contributed by atoms with Gasteiger partial charge in [0.15, 0.2) is 0 Å². The summed E-state index contributed by atoms with van der Waals surface area (Å²) in [6.45, 7) is 2.47. The normalized spacial score (nSPS) is 32.6. The quantitative estimate of drug-likeness (QED) is 0.221. The van der Waals surface area contributed by atoms with E-state index in [0.29, 0.717) is 39.2 Å². The zero-order valence-corrected chi connectivity index (χ0v) is 20.0. The molecule has 6 rings (SSSR count). The molecule has 5 nitrogen and oxygen atoms in total. The molecule has 1 aromatic heterocycles. The molecule has 5 fully saturated rings. The number of hydrogen-bond donors (Lipinski definition) is 0. The van der Waals surface area contributed by atoms with E-state index in [-0.39, 0.29) is 17.9 Å². The highest BCUT2D eigenvalue weighted by Gasteiger charge is 2.53. The topological polar surface area (TPSA) is 59.8 Å². The van der Waals surface area contributed by atoms with Gasteiger partial charge in [0.25, 0.3) is 5.91 Å². The van der Waals surface area contributed by atoms with Crippen LogP contribution in [0.15, 0.2) is 27.5 Å². The van der Waals surface area contributed by atoms with Crippen LogP contribution in [0.3, 0.4) is 0 Å². The van der Waals surface area contributed by atoms with Crippen molar-refractivity contribution in [2.24, 2.45) is 23.7 Å². The summed E-state index contributed by atoms with van der Waals surface area (Å²) < 4.78 is 11.6. The Balaban J connectivity index is 1.25. The number of unbranched alkanes of at least 4 members (excludes halogenated alkanes) is 1. The number of thiocarbonyl (C=S) groups is 1. The van der Waals surface area contributed by atoms with Gasteiger partial charge in [-0.3, -0.25) is 9.69 Å². The lowest BCUT2D eigenvalue weighted by Crippen LogP contribution is -2.57. The number of esters is 1. The van der Waals surface area contributed by atoms with Crippen LogP contribution in [0.5, 0.6) is 0 Å². The first-order valence-corrected chi connectivity index (χ1v) is 13.0. The number of rotatable bonds is 7. The highest BCUT2D eigenvalue weighted by Crippen LogP contribution is 2.56. The van der Waals surface area contributed by atoms with Crippen molar-refractivity contribution >= 4 is 52.3 Å². The van der Waals surface area contributed by atoms with Crippen LogP contribution in [-0.4, -0.2) is 33.7 Å². The van der Waals surface area contributed by atoms with Crippen molar-refractivity contribution in [1.82, 2.24) is 4.90 Å². The standard InChI is InChI=1S/C25H29NO4S2/c1-2-3-8-29-22(27)7-6-19-4-5-20(30-19)14-21-24(28)26(25(31)32-21)23-17-10-15-9-16(12-17)13-18(23)11-15/h4-7,14-18,23H,2-3,8-13H2,1H3/b7-6+,21-14-. The lowest BCUT2D eigenvalue weighted by Gasteiger charge is -2.56. The van der Waals surface area contributed by atoms with Gasteiger partial charge in [0, 0.05) is 18.2 Å². The number of nitrogens with zero attached hydrogens (tertiary/aromatic N) is 1. The van der Waals surface area contributed by atoms with Crippen molar-refractivity contribution in [3.63, 3.8) is 0 Å². The summed E-state index contributed by atoms with van der Waals surface area (Å²) in [6, 6.07) is 3.85. The number of carbonyl (C=O) groups is 2. The number of hydrogen-bond acceptors (Lipinski definition) is 6. The summed E-state index contributed by atoms with van der Waals surface area (Å²) in [7, 11) is 0. The van der Waals surface area contributed by atoms with Gasteiger partial charge in [0.1, 0.15) is 15.8 Å². The summed E-state index contributed by atoms with van der Waals surface area (Å²) >= 11 is 7.04. The maximum Gasteiger partial charge on any atom is 0.330 e. The van der Waals surface area contributed by atoms with Gasteiger partial charge >= 0.3 is 5.97 Å². The minimum atomic E-state index is -0.382. The van der Waals surface area contributed by atoms with E-state index in [2.05, 4.69) is 0 Å². The summed E-state index contributed by atoms with van der Waals surface area (Å²) in [5, 5.41) is 0. The van der Waals surface area contributed by atoms with Crippen LogP contribution in [0.25, 0.3) is 12.2 Å². The van der Waals surface area contributed by atoms with Gasteiger partial charge < -0.3 is 9.15 Å². The van der Waals surface area contributed by atoms with E-state index in [1.165, 1.54) is 49.9 Å². The van der Waals surface area contributed by atoms with Crippen LogP contribution in [0.1, 0.15) is 63.4 Å². The van der Waals surface area contributed by atoms with E-state index in [1.54, 1.807) is 24.3 Å². The third-order valence-corrected chi connectivity index (χ3v) is 8.68. The molecule has 0 unspecified atom stereocenters. The van der Waals surface area contributed by atoms with Gasteiger partial charge in [-0.2, -0.15) is 0 Å². The smallest absolute Gasteiger partial charge is 0.330 e. The molecule has 5 aliphatic rings. The predicted molar refractivity (Wildman–Crippen MR) is 129 cm³/mol. The van der Waals surface area contributed by atoms with Gasteiger partial charge in [-0.1, -0.05) is 37.3 Å². The maximum absolute atomic E-state index is 13.3. The van der Waals surface area contributed by atoms with E-state index < -0.39 is 0 Å². The zero-order valence-electron chi connectivity index (χ0n) is 18.3. The molecular formula is C25H29NO4S2. The Labute approximate surface area is 198 Å². The van der Waals surface area contributed by atoms with Crippen molar-refractivity contribution < 1.29 is 18.7 Å². The van der Waals surface area contributed by atoms with Crippen LogP contribution in [0, 0.1) is 23.7 Å². The van der Waals surface area contributed by atoms with Gasteiger partial charge in [0.2, 0.25) is 0 Å². The highest BCUT2D eigenvalue weighted by atomic mass is 32.2. The SMILES string of the molecule is CCCCOC(=O)/C=C/c1ccc(/C=C2\SC(=S)N(C3C4CC5CC(C4)CC3C5)C2=O)o1. The fourth-order valence-corrected chi connectivity index (χ4v) is 7.56. The average molecular weight is 472 g/mol. The number of amides is 1. The minimum Gasteiger partial charge on any atom is -0.463 e. The first kappa shape index (κ1) is 22.0. The Morgan fingerprint density at radius 2 is 1.88 bits per heavy atom. The molecular weight excluding hydrogens is 442 g/mol. The van der Waals surface area contributed by atoms with E-state index in [9.17, 15) is 9.59 Å². The van der Waals surface area contributed by atoms with Crippen molar-refractivity contribution in [2.45, 2.75) is 57.9 Å². The average Bonchev–Trinajstić information content (AvgIpc) is 3.31. The molecule has 32 heavy (non-hydrogen) atoms. The molecule has 1 aliphatic heterocycles. The van der Waals surface area contributed by atoms with Crippen molar-refractivity contribution in [3.05, 3.63) is 34.6 Å². The minimum absolute atomic E-state index is 0.0190. The van der Waals surface area contributed by atoms with E-state index in [0.717, 1.165) is 24.7 Å². The van der Waals surface area contributed by atoms with E-state index >= 15 is 0 Å². The van der Waals surface area contributed by atoms with Crippen molar-refractivity contribution in [1.29, 1.82) is 0 Å². The maximum atomic E-state index is 13.3. The molecule has 0 spiro atoms. The molecule has 0 atom stereocenters. The summed E-state index contributed by atoms with van der Waals surface area (Å²) in [5.41, 5.74) is 0. The van der Waals surface area contributed by atoms with Gasteiger partial charge in [-0.15, -0.1) is 0 Å². The molecule has 0 N–H and O–H groups in total. The Bertz CT molecular complexity index is 950. The fraction of sp³-hybridized carbons (Fsp3) is 0.560. The number of thioether (sulfide) groups is 1. The van der Waals surface area contributed by atoms with Crippen LogP contribution in [0.4, 0.5) is 0 Å². The third-order valence-electron chi connectivity index (χ3n) is 7.35.